The van der Waals surface area contributed by atoms with E-state index in [0.717, 1.165) is 44.1 Å². The van der Waals surface area contributed by atoms with Gasteiger partial charge in [-0.1, -0.05) is 6.42 Å². The summed E-state index contributed by atoms with van der Waals surface area (Å²) < 4.78 is 1.45. The molecule has 0 bridgehead atoms. The standard InChI is InChI=1S/C25H30N6OS/c32-25(31-15-10-26-17-31)22-5-4-20(16-27-22)30-11-6-18(7-12-30)24-28-21-8-13-29(19-2-1-3-19)14-9-23(21)33-24/h4-5,10,15-19H,1-3,6-9,11-14H2. The van der Waals surface area contributed by atoms with E-state index in [4.69, 9.17) is 4.98 Å². The molecule has 1 aliphatic carbocycles. The van der Waals surface area contributed by atoms with Crippen molar-refractivity contribution in [3.8, 4) is 0 Å². The maximum atomic E-state index is 12.4. The third-order valence-corrected chi connectivity index (χ3v) is 8.88. The van der Waals surface area contributed by atoms with Gasteiger partial charge in [-0.2, -0.15) is 0 Å². The molecule has 1 saturated heterocycles. The van der Waals surface area contributed by atoms with Gasteiger partial charge < -0.3 is 4.90 Å². The zero-order valence-corrected chi connectivity index (χ0v) is 19.7. The first kappa shape index (κ1) is 21.0. The monoisotopic (exact) mass is 462 g/mol. The zero-order chi connectivity index (χ0) is 22.2. The third-order valence-electron chi connectivity index (χ3n) is 7.56. The van der Waals surface area contributed by atoms with E-state index in [1.54, 1.807) is 12.4 Å². The minimum absolute atomic E-state index is 0.155. The predicted octanol–water partition coefficient (Wildman–Crippen LogP) is 3.76. The molecule has 3 aliphatic rings. The molecule has 0 spiro atoms. The SMILES string of the molecule is O=C(c1ccc(N2CCC(c3nc4c(s3)CCN(C3CCC3)CC4)CC2)cn1)n1ccnc1. The molecule has 7 nitrogen and oxygen atoms in total. The quantitative estimate of drug-likeness (QED) is 0.588. The number of nitrogens with zero attached hydrogens (tertiary/aromatic N) is 6. The van der Waals surface area contributed by atoms with Gasteiger partial charge in [-0.05, 0) is 44.2 Å². The normalized spacial score (nSPS) is 20.3. The molecular weight excluding hydrogens is 432 g/mol. The molecule has 0 N–H and O–H groups in total. The van der Waals surface area contributed by atoms with Crippen molar-refractivity contribution in [1.82, 2.24) is 24.4 Å². The minimum atomic E-state index is -0.155. The number of aromatic nitrogens is 4. The highest BCUT2D eigenvalue weighted by Crippen LogP contribution is 2.36. The van der Waals surface area contributed by atoms with Gasteiger partial charge in [0.25, 0.3) is 5.91 Å². The Kier molecular flexibility index (Phi) is 5.72. The van der Waals surface area contributed by atoms with Crippen LogP contribution in [0.1, 0.15) is 64.1 Å². The fourth-order valence-corrected chi connectivity index (χ4v) is 6.56. The van der Waals surface area contributed by atoms with E-state index in [-0.39, 0.29) is 5.91 Å². The molecule has 33 heavy (non-hydrogen) atoms. The van der Waals surface area contributed by atoms with Gasteiger partial charge in [0, 0.05) is 61.8 Å². The van der Waals surface area contributed by atoms with Crippen LogP contribution in [0.25, 0.3) is 0 Å². The fourth-order valence-electron chi connectivity index (χ4n) is 5.29. The second-order valence-corrected chi connectivity index (χ2v) is 10.6. The number of hydrogen-bond donors (Lipinski definition) is 0. The van der Waals surface area contributed by atoms with Gasteiger partial charge in [0.2, 0.25) is 0 Å². The molecule has 0 atom stereocenters. The lowest BCUT2D eigenvalue weighted by molar-refractivity contribution is 0.0955. The Morgan fingerprint density at radius 1 is 1.03 bits per heavy atom. The Morgan fingerprint density at radius 3 is 2.58 bits per heavy atom. The van der Waals surface area contributed by atoms with Crippen LogP contribution in [0.5, 0.6) is 0 Å². The number of piperidine rings is 1. The maximum absolute atomic E-state index is 12.4. The first-order valence-electron chi connectivity index (χ1n) is 12.2. The third kappa shape index (κ3) is 4.22. The van der Waals surface area contributed by atoms with E-state index >= 15 is 0 Å². The number of carbonyl (C=O) groups is 1. The average Bonchev–Trinajstić information content (AvgIpc) is 3.46. The van der Waals surface area contributed by atoms with Crippen LogP contribution in [0.3, 0.4) is 0 Å². The van der Waals surface area contributed by atoms with Crippen molar-refractivity contribution < 1.29 is 4.79 Å². The Morgan fingerprint density at radius 2 is 1.88 bits per heavy atom. The number of carbonyl (C=O) groups excluding carboxylic acids is 1. The van der Waals surface area contributed by atoms with Crippen LogP contribution >= 0.6 is 11.3 Å². The molecule has 2 fully saturated rings. The number of imidazole rings is 1. The summed E-state index contributed by atoms with van der Waals surface area (Å²) in [6, 6.07) is 4.67. The van der Waals surface area contributed by atoms with Gasteiger partial charge in [0.05, 0.1) is 22.6 Å². The van der Waals surface area contributed by atoms with E-state index < -0.39 is 0 Å². The van der Waals surface area contributed by atoms with Crippen LogP contribution < -0.4 is 4.90 Å². The van der Waals surface area contributed by atoms with Gasteiger partial charge in [-0.25, -0.2) is 15.0 Å². The van der Waals surface area contributed by atoms with Crippen molar-refractivity contribution in [3.05, 3.63) is 58.3 Å². The van der Waals surface area contributed by atoms with Crippen LogP contribution in [-0.4, -0.2) is 62.5 Å². The van der Waals surface area contributed by atoms with E-state index in [1.165, 1.54) is 65.2 Å². The van der Waals surface area contributed by atoms with Crippen LogP contribution in [0, 0.1) is 0 Å². The van der Waals surface area contributed by atoms with Crippen LogP contribution in [-0.2, 0) is 12.8 Å². The van der Waals surface area contributed by atoms with Crippen molar-refractivity contribution in [2.75, 3.05) is 31.1 Å². The number of anilines is 1. The van der Waals surface area contributed by atoms with E-state index in [0.29, 0.717) is 11.6 Å². The summed E-state index contributed by atoms with van der Waals surface area (Å²) in [6.07, 6.45) is 15.3. The number of fused-ring (bicyclic) bond motifs is 1. The summed E-state index contributed by atoms with van der Waals surface area (Å²) in [5, 5.41) is 1.36. The summed E-state index contributed by atoms with van der Waals surface area (Å²) in [7, 11) is 0. The van der Waals surface area contributed by atoms with Crippen molar-refractivity contribution in [2.45, 2.75) is 56.9 Å². The second-order valence-electron chi connectivity index (χ2n) is 9.48. The van der Waals surface area contributed by atoms with E-state index in [9.17, 15) is 4.79 Å². The molecule has 0 amide bonds. The highest BCUT2D eigenvalue weighted by atomic mass is 32.1. The van der Waals surface area contributed by atoms with Crippen molar-refractivity contribution in [2.24, 2.45) is 0 Å². The average molecular weight is 463 g/mol. The summed E-state index contributed by atoms with van der Waals surface area (Å²) >= 11 is 1.98. The summed E-state index contributed by atoms with van der Waals surface area (Å²) in [5.74, 6) is 0.410. The Labute approximate surface area is 198 Å². The Balaban J connectivity index is 1.06. The fraction of sp³-hybridized carbons (Fsp3) is 0.520. The first-order chi connectivity index (χ1) is 16.2. The summed E-state index contributed by atoms with van der Waals surface area (Å²) in [6.45, 7) is 4.40. The number of thiazole rings is 1. The van der Waals surface area contributed by atoms with Crippen LogP contribution in [0.15, 0.2) is 37.1 Å². The molecule has 0 radical (unpaired) electrons. The Bertz CT molecular complexity index is 1070. The van der Waals surface area contributed by atoms with Crippen molar-refractivity contribution in [1.29, 1.82) is 0 Å². The molecule has 8 heteroatoms. The molecular formula is C25H30N6OS. The highest BCUT2D eigenvalue weighted by molar-refractivity contribution is 7.11. The highest BCUT2D eigenvalue weighted by Gasteiger charge is 2.29. The van der Waals surface area contributed by atoms with E-state index in [2.05, 4.69) is 19.8 Å². The van der Waals surface area contributed by atoms with Crippen molar-refractivity contribution in [3.63, 3.8) is 0 Å². The molecule has 0 unspecified atom stereocenters. The smallest absolute Gasteiger partial charge is 0.281 e. The Hall–Kier alpha value is -2.58. The molecule has 2 aliphatic heterocycles. The van der Waals surface area contributed by atoms with Crippen LogP contribution in [0.2, 0.25) is 0 Å². The van der Waals surface area contributed by atoms with Gasteiger partial charge in [0.15, 0.2) is 0 Å². The lowest BCUT2D eigenvalue weighted by Crippen LogP contribution is -2.41. The lowest BCUT2D eigenvalue weighted by atomic mass is 9.91. The molecule has 172 valence electrons. The lowest BCUT2D eigenvalue weighted by Gasteiger charge is -2.36. The number of rotatable bonds is 4. The van der Waals surface area contributed by atoms with E-state index in [1.807, 2.05) is 29.7 Å². The molecule has 3 aromatic rings. The molecule has 3 aromatic heterocycles. The molecule has 5 heterocycles. The van der Waals surface area contributed by atoms with Gasteiger partial charge in [-0.3, -0.25) is 14.3 Å². The number of hydrogen-bond acceptors (Lipinski definition) is 7. The van der Waals surface area contributed by atoms with Gasteiger partial charge in [-0.15, -0.1) is 11.3 Å². The maximum Gasteiger partial charge on any atom is 0.281 e. The van der Waals surface area contributed by atoms with Gasteiger partial charge >= 0.3 is 0 Å². The van der Waals surface area contributed by atoms with Gasteiger partial charge in [0.1, 0.15) is 12.0 Å². The number of pyridine rings is 1. The topological polar surface area (TPSA) is 67.2 Å². The second kappa shape index (κ2) is 8.99. The van der Waals surface area contributed by atoms with Crippen LogP contribution in [0.4, 0.5) is 5.69 Å². The zero-order valence-electron chi connectivity index (χ0n) is 18.9. The molecule has 1 saturated carbocycles. The molecule has 6 rings (SSSR count). The minimum Gasteiger partial charge on any atom is -0.370 e. The predicted molar refractivity (Wildman–Crippen MR) is 129 cm³/mol. The summed E-state index contributed by atoms with van der Waals surface area (Å²) in [4.78, 5) is 32.5. The molecule has 0 aromatic carbocycles. The van der Waals surface area contributed by atoms with Crippen molar-refractivity contribution >= 4 is 22.9 Å². The first-order valence-corrected chi connectivity index (χ1v) is 13.0. The summed E-state index contributed by atoms with van der Waals surface area (Å²) in [5.41, 5.74) is 2.90. The largest absolute Gasteiger partial charge is 0.370 e.